The summed E-state index contributed by atoms with van der Waals surface area (Å²) in [6.07, 6.45) is 2.70. The summed E-state index contributed by atoms with van der Waals surface area (Å²) in [6.45, 7) is 8.33. The molecule has 0 aliphatic carbocycles. The van der Waals surface area contributed by atoms with Crippen LogP contribution in [0.2, 0.25) is 0 Å². The average molecular weight is 364 g/mol. The largest absolute Gasteiger partial charge is 0.355 e. The Morgan fingerprint density at radius 3 is 2.30 bits per heavy atom. The van der Waals surface area contributed by atoms with Gasteiger partial charge in [-0.3, -0.25) is 4.79 Å². The van der Waals surface area contributed by atoms with Crippen molar-refractivity contribution < 1.29 is 4.79 Å². The number of nitrogens with zero attached hydrogens (tertiary/aromatic N) is 1. The lowest BCUT2D eigenvalue weighted by molar-refractivity contribution is -0.122. The maximum absolute atomic E-state index is 11.9. The van der Waals surface area contributed by atoms with Crippen molar-refractivity contribution in [2.24, 2.45) is 5.73 Å². The Labute approximate surface area is 153 Å². The maximum Gasteiger partial charge on any atom is 0.237 e. The van der Waals surface area contributed by atoms with Crippen molar-refractivity contribution in [3.8, 4) is 0 Å². The van der Waals surface area contributed by atoms with Crippen molar-refractivity contribution in [3.63, 3.8) is 0 Å². The lowest BCUT2D eigenvalue weighted by atomic mass is 10.1. The second-order valence-electron chi connectivity index (χ2n) is 5.32. The number of nitrogens with two attached hydrogens (primary N) is 1. The second-order valence-corrected chi connectivity index (χ2v) is 5.32. The summed E-state index contributed by atoms with van der Waals surface area (Å²) in [5, 5.41) is 2.93. The minimum Gasteiger partial charge on any atom is -0.355 e. The first-order chi connectivity index (χ1) is 10.2. The van der Waals surface area contributed by atoms with Crippen LogP contribution in [0.25, 0.3) is 0 Å². The van der Waals surface area contributed by atoms with Crippen LogP contribution in [0.3, 0.4) is 0 Å². The first-order valence-electron chi connectivity index (χ1n) is 7.97. The fourth-order valence-electron chi connectivity index (χ4n) is 2.30. The van der Waals surface area contributed by atoms with Gasteiger partial charge in [-0.15, -0.1) is 24.8 Å². The zero-order valence-electron chi connectivity index (χ0n) is 14.2. The van der Waals surface area contributed by atoms with Crippen molar-refractivity contribution in [1.82, 2.24) is 10.2 Å². The monoisotopic (exact) mass is 363 g/mol. The summed E-state index contributed by atoms with van der Waals surface area (Å²) in [7, 11) is 0. The van der Waals surface area contributed by atoms with Gasteiger partial charge >= 0.3 is 0 Å². The second kappa shape index (κ2) is 14.8. The molecule has 0 spiro atoms. The first kappa shape index (κ1) is 24.4. The number of amides is 1. The highest BCUT2D eigenvalue weighted by Gasteiger charge is 2.13. The molecule has 1 aromatic carbocycles. The molecule has 3 N–H and O–H groups in total. The van der Waals surface area contributed by atoms with Crippen LogP contribution in [0.15, 0.2) is 30.3 Å². The topological polar surface area (TPSA) is 58.4 Å². The molecule has 0 aliphatic rings. The van der Waals surface area contributed by atoms with Crippen LogP contribution in [-0.4, -0.2) is 43.0 Å². The predicted molar refractivity (Wildman–Crippen MR) is 103 cm³/mol. The van der Waals surface area contributed by atoms with E-state index in [0.717, 1.165) is 38.0 Å². The maximum atomic E-state index is 11.9. The highest BCUT2D eigenvalue weighted by molar-refractivity contribution is 5.85. The van der Waals surface area contributed by atoms with Crippen molar-refractivity contribution in [1.29, 1.82) is 0 Å². The van der Waals surface area contributed by atoms with Gasteiger partial charge in [-0.05, 0) is 44.5 Å². The van der Waals surface area contributed by atoms with Crippen molar-refractivity contribution >= 4 is 30.7 Å². The molecule has 0 fully saturated rings. The van der Waals surface area contributed by atoms with Gasteiger partial charge in [0.2, 0.25) is 5.91 Å². The number of benzene rings is 1. The lowest BCUT2D eigenvalue weighted by Crippen LogP contribution is -2.42. The van der Waals surface area contributed by atoms with Crippen LogP contribution >= 0.6 is 24.8 Å². The Kier molecular flexibility index (Phi) is 15.7. The highest BCUT2D eigenvalue weighted by atomic mass is 35.5. The zero-order chi connectivity index (χ0) is 15.5. The summed E-state index contributed by atoms with van der Waals surface area (Å²) in [5.41, 5.74) is 7.03. The quantitative estimate of drug-likeness (QED) is 0.628. The molecule has 0 aromatic heterocycles. The van der Waals surface area contributed by atoms with Gasteiger partial charge in [0.1, 0.15) is 0 Å². The highest BCUT2D eigenvalue weighted by Crippen LogP contribution is 2.02. The molecule has 0 saturated carbocycles. The van der Waals surface area contributed by atoms with Crippen molar-refractivity contribution in [2.45, 2.75) is 39.2 Å². The van der Waals surface area contributed by atoms with Crippen LogP contribution in [0.5, 0.6) is 0 Å². The molecule has 4 nitrogen and oxygen atoms in total. The molecule has 0 aliphatic heterocycles. The van der Waals surface area contributed by atoms with Crippen LogP contribution < -0.4 is 11.1 Å². The Morgan fingerprint density at radius 2 is 1.74 bits per heavy atom. The van der Waals surface area contributed by atoms with E-state index in [4.69, 9.17) is 5.73 Å². The molecule has 1 aromatic rings. The first-order valence-corrected chi connectivity index (χ1v) is 7.97. The van der Waals surface area contributed by atoms with Gasteiger partial charge in [0.25, 0.3) is 0 Å². The molecule has 0 saturated heterocycles. The zero-order valence-corrected chi connectivity index (χ0v) is 15.8. The van der Waals surface area contributed by atoms with E-state index in [1.807, 2.05) is 30.3 Å². The molecule has 0 heterocycles. The number of rotatable bonds is 10. The third-order valence-electron chi connectivity index (χ3n) is 3.73. The number of nitrogens with one attached hydrogen (secondary N) is 1. The standard InChI is InChI=1S/C17H29N3O.2ClH/c1-3-20(4-2)13-9-8-12-19-17(21)16(18)14-15-10-6-5-7-11-15;;/h5-7,10-11,16H,3-4,8-9,12-14,18H2,1-2H3,(H,19,21);2*1H. The van der Waals surface area contributed by atoms with Gasteiger partial charge in [0.15, 0.2) is 0 Å². The smallest absolute Gasteiger partial charge is 0.237 e. The van der Waals surface area contributed by atoms with Crippen molar-refractivity contribution in [2.75, 3.05) is 26.2 Å². The van der Waals surface area contributed by atoms with Gasteiger partial charge in [-0.25, -0.2) is 0 Å². The minimum absolute atomic E-state index is 0. The molecule has 6 heteroatoms. The van der Waals surface area contributed by atoms with Crippen LogP contribution in [0.1, 0.15) is 32.3 Å². The number of hydrogen-bond acceptors (Lipinski definition) is 3. The van der Waals surface area contributed by atoms with Gasteiger partial charge in [-0.1, -0.05) is 44.2 Å². The third kappa shape index (κ3) is 10.6. The molecule has 1 atom stereocenters. The van der Waals surface area contributed by atoms with E-state index in [1.165, 1.54) is 0 Å². The molecule has 0 radical (unpaired) electrons. The normalized spacial score (nSPS) is 11.3. The van der Waals surface area contributed by atoms with E-state index in [9.17, 15) is 4.79 Å². The van der Waals surface area contributed by atoms with Crippen molar-refractivity contribution in [3.05, 3.63) is 35.9 Å². The Balaban J connectivity index is 0. The van der Waals surface area contributed by atoms with E-state index in [1.54, 1.807) is 0 Å². The fraction of sp³-hybridized carbons (Fsp3) is 0.588. The van der Waals surface area contributed by atoms with Crippen LogP contribution in [0.4, 0.5) is 0 Å². The number of unbranched alkanes of at least 4 members (excludes halogenated alkanes) is 1. The number of halogens is 2. The van der Waals surface area contributed by atoms with Gasteiger partial charge in [0.05, 0.1) is 6.04 Å². The van der Waals surface area contributed by atoms with Gasteiger partial charge < -0.3 is 16.0 Å². The Hall–Kier alpha value is -0.810. The average Bonchev–Trinajstić information content (AvgIpc) is 2.51. The lowest BCUT2D eigenvalue weighted by Gasteiger charge is -2.17. The van der Waals surface area contributed by atoms with E-state index >= 15 is 0 Å². The summed E-state index contributed by atoms with van der Waals surface area (Å²) in [4.78, 5) is 14.3. The summed E-state index contributed by atoms with van der Waals surface area (Å²) < 4.78 is 0. The molecule has 134 valence electrons. The van der Waals surface area contributed by atoms with E-state index < -0.39 is 6.04 Å². The summed E-state index contributed by atoms with van der Waals surface area (Å²) in [6, 6.07) is 9.43. The number of carbonyl (C=O) groups excluding carboxylic acids is 1. The molecule has 0 bridgehead atoms. The number of hydrogen-bond donors (Lipinski definition) is 2. The summed E-state index contributed by atoms with van der Waals surface area (Å²) >= 11 is 0. The van der Waals surface area contributed by atoms with Gasteiger partial charge in [-0.2, -0.15) is 0 Å². The molecule has 1 amide bonds. The van der Waals surface area contributed by atoms with Gasteiger partial charge in [0, 0.05) is 6.54 Å². The van der Waals surface area contributed by atoms with Crippen LogP contribution in [-0.2, 0) is 11.2 Å². The predicted octanol–water partition coefficient (Wildman–Crippen LogP) is 2.64. The van der Waals surface area contributed by atoms with E-state index in [0.29, 0.717) is 13.0 Å². The van der Waals surface area contributed by atoms with Crippen LogP contribution in [0, 0.1) is 0 Å². The van der Waals surface area contributed by atoms with E-state index in [2.05, 4.69) is 24.1 Å². The number of carbonyl (C=O) groups is 1. The Morgan fingerprint density at radius 1 is 1.13 bits per heavy atom. The van der Waals surface area contributed by atoms with E-state index in [-0.39, 0.29) is 30.7 Å². The molecular formula is C17H31Cl2N3O. The molecule has 23 heavy (non-hydrogen) atoms. The SMILES string of the molecule is CCN(CC)CCCCNC(=O)C(N)Cc1ccccc1.Cl.Cl. The summed E-state index contributed by atoms with van der Waals surface area (Å²) in [5.74, 6) is -0.0540. The molecule has 1 rings (SSSR count). The fourth-order valence-corrected chi connectivity index (χ4v) is 2.30. The minimum atomic E-state index is -0.463. The molecular weight excluding hydrogens is 333 g/mol. The Bertz CT molecular complexity index is 400. The third-order valence-corrected chi connectivity index (χ3v) is 3.73. The molecule has 1 unspecified atom stereocenters.